The van der Waals surface area contributed by atoms with E-state index >= 15 is 0 Å². The average molecular weight is 249 g/mol. The van der Waals surface area contributed by atoms with Gasteiger partial charge in [0.2, 0.25) is 0 Å². The lowest BCUT2D eigenvalue weighted by atomic mass is 10.4. The van der Waals surface area contributed by atoms with Crippen molar-refractivity contribution in [3.05, 3.63) is 50.6 Å². The number of aryl methyl sites for hydroxylation is 2. The van der Waals surface area contributed by atoms with Gasteiger partial charge >= 0.3 is 5.69 Å². The molecule has 0 saturated heterocycles. The minimum Gasteiger partial charge on any atom is -0.359 e. The maximum Gasteiger partial charge on any atom is 0.331 e. The van der Waals surface area contributed by atoms with Crippen molar-refractivity contribution >= 4 is 0 Å². The van der Waals surface area contributed by atoms with Crippen LogP contribution < -0.4 is 11.2 Å². The summed E-state index contributed by atoms with van der Waals surface area (Å²) in [6.07, 6.45) is 2.36. The zero-order valence-corrected chi connectivity index (χ0v) is 10.4. The van der Waals surface area contributed by atoms with E-state index in [1.165, 1.54) is 16.8 Å². The van der Waals surface area contributed by atoms with E-state index in [2.05, 4.69) is 5.16 Å². The lowest BCUT2D eigenvalue weighted by Crippen LogP contribution is -2.39. The van der Waals surface area contributed by atoms with Gasteiger partial charge in [-0.1, -0.05) is 12.1 Å². The van der Waals surface area contributed by atoms with Crippen molar-refractivity contribution in [1.29, 1.82) is 0 Å². The largest absolute Gasteiger partial charge is 0.359 e. The smallest absolute Gasteiger partial charge is 0.331 e. The third kappa shape index (κ3) is 2.42. The van der Waals surface area contributed by atoms with Gasteiger partial charge in [0.1, 0.15) is 0 Å². The molecule has 0 aliphatic rings. The Morgan fingerprint density at radius 1 is 1.39 bits per heavy atom. The first-order valence-electron chi connectivity index (χ1n) is 5.84. The molecular weight excluding hydrogens is 234 g/mol. The molecule has 0 radical (unpaired) electrons. The predicted molar refractivity (Wildman–Crippen MR) is 65.6 cm³/mol. The van der Waals surface area contributed by atoms with E-state index in [-0.39, 0.29) is 17.8 Å². The van der Waals surface area contributed by atoms with Gasteiger partial charge in [0.25, 0.3) is 5.56 Å². The van der Waals surface area contributed by atoms with E-state index in [9.17, 15) is 9.59 Å². The van der Waals surface area contributed by atoms with Crippen LogP contribution in [0.25, 0.3) is 0 Å². The molecule has 2 heterocycles. The van der Waals surface area contributed by atoms with E-state index < -0.39 is 0 Å². The first-order chi connectivity index (χ1) is 8.61. The minimum atomic E-state index is -0.332. The second kappa shape index (κ2) is 5.03. The zero-order valence-electron chi connectivity index (χ0n) is 10.4. The Bertz CT molecular complexity index is 651. The van der Waals surface area contributed by atoms with Gasteiger partial charge in [-0.2, -0.15) is 0 Å². The number of hydrogen-bond donors (Lipinski definition) is 0. The fourth-order valence-electron chi connectivity index (χ4n) is 1.76. The molecule has 2 aromatic rings. The maximum atomic E-state index is 12.1. The molecule has 0 saturated carbocycles. The van der Waals surface area contributed by atoms with Crippen molar-refractivity contribution in [1.82, 2.24) is 14.3 Å². The van der Waals surface area contributed by atoms with E-state index in [1.54, 1.807) is 13.0 Å². The Hall–Kier alpha value is -2.11. The summed E-state index contributed by atoms with van der Waals surface area (Å²) in [5, 5.41) is 3.73. The van der Waals surface area contributed by atoms with E-state index in [1.807, 2.05) is 6.92 Å². The average Bonchev–Trinajstić information content (AvgIpc) is 2.74. The molecule has 0 bridgehead atoms. The van der Waals surface area contributed by atoms with Crippen molar-refractivity contribution < 1.29 is 4.52 Å². The molecule has 0 N–H and O–H groups in total. The van der Waals surface area contributed by atoms with Crippen molar-refractivity contribution in [2.24, 2.45) is 0 Å². The highest BCUT2D eigenvalue weighted by Crippen LogP contribution is 2.02. The Kier molecular flexibility index (Phi) is 3.45. The second-order valence-corrected chi connectivity index (χ2v) is 4.15. The van der Waals surface area contributed by atoms with Gasteiger partial charge in [-0.3, -0.25) is 9.36 Å². The highest BCUT2D eigenvalue weighted by molar-refractivity contribution is 5.04. The van der Waals surface area contributed by atoms with Gasteiger partial charge in [0.15, 0.2) is 5.76 Å². The molecule has 0 aliphatic carbocycles. The molecule has 0 aromatic carbocycles. The van der Waals surface area contributed by atoms with Crippen molar-refractivity contribution in [3.8, 4) is 0 Å². The van der Waals surface area contributed by atoms with Gasteiger partial charge in [-0.15, -0.1) is 0 Å². The number of aromatic nitrogens is 3. The van der Waals surface area contributed by atoms with Gasteiger partial charge < -0.3 is 9.09 Å². The molecule has 0 amide bonds. The van der Waals surface area contributed by atoms with Gasteiger partial charge in [0.05, 0.1) is 12.2 Å². The highest BCUT2D eigenvalue weighted by atomic mass is 16.5. The number of nitrogens with zero attached hydrogens (tertiary/aromatic N) is 3. The summed E-state index contributed by atoms with van der Waals surface area (Å²) in [4.78, 5) is 23.7. The fourth-order valence-corrected chi connectivity index (χ4v) is 1.76. The summed E-state index contributed by atoms with van der Waals surface area (Å²) >= 11 is 0. The van der Waals surface area contributed by atoms with Crippen LogP contribution in [-0.2, 0) is 13.1 Å². The molecule has 2 rings (SSSR count). The molecule has 18 heavy (non-hydrogen) atoms. The van der Waals surface area contributed by atoms with Crippen LogP contribution in [0.2, 0.25) is 0 Å². The fraction of sp³-hybridized carbons (Fsp3) is 0.417. The molecule has 0 unspecified atom stereocenters. The molecule has 96 valence electrons. The van der Waals surface area contributed by atoms with Crippen LogP contribution in [-0.4, -0.2) is 14.3 Å². The quantitative estimate of drug-likeness (QED) is 0.802. The number of rotatable bonds is 4. The third-order valence-electron chi connectivity index (χ3n) is 2.59. The van der Waals surface area contributed by atoms with Crippen LogP contribution in [0.4, 0.5) is 0 Å². The van der Waals surface area contributed by atoms with Gasteiger partial charge in [-0.05, 0) is 13.3 Å². The summed E-state index contributed by atoms with van der Waals surface area (Å²) in [7, 11) is 0. The SMILES string of the molecule is CCCn1ccc(=O)n(Cc2cc(C)no2)c1=O. The molecule has 6 heteroatoms. The zero-order chi connectivity index (χ0) is 13.1. The number of hydrogen-bond acceptors (Lipinski definition) is 4. The molecule has 0 spiro atoms. The van der Waals surface area contributed by atoms with Gasteiger partial charge in [0, 0.05) is 24.9 Å². The highest BCUT2D eigenvalue weighted by Gasteiger charge is 2.08. The third-order valence-corrected chi connectivity index (χ3v) is 2.59. The van der Waals surface area contributed by atoms with Crippen LogP contribution in [0.15, 0.2) is 32.4 Å². The lowest BCUT2D eigenvalue weighted by Gasteiger charge is -2.07. The summed E-state index contributed by atoms with van der Waals surface area (Å²) < 4.78 is 7.69. The van der Waals surface area contributed by atoms with Crippen LogP contribution in [0, 0.1) is 6.92 Å². The molecule has 0 atom stereocenters. The second-order valence-electron chi connectivity index (χ2n) is 4.15. The first kappa shape index (κ1) is 12.3. The lowest BCUT2D eigenvalue weighted by molar-refractivity contribution is 0.367. The molecule has 2 aromatic heterocycles. The Balaban J connectivity index is 2.40. The van der Waals surface area contributed by atoms with Crippen molar-refractivity contribution in [2.45, 2.75) is 33.4 Å². The normalized spacial score (nSPS) is 10.8. The molecule has 0 aliphatic heterocycles. The van der Waals surface area contributed by atoms with Crippen molar-refractivity contribution in [3.63, 3.8) is 0 Å². The van der Waals surface area contributed by atoms with E-state index in [0.717, 1.165) is 16.7 Å². The summed E-state index contributed by atoms with van der Waals surface area (Å²) in [6.45, 7) is 4.47. The van der Waals surface area contributed by atoms with Crippen LogP contribution in [0.1, 0.15) is 24.8 Å². The summed E-state index contributed by atoms with van der Waals surface area (Å²) in [5.41, 5.74) is 0.0719. The first-order valence-corrected chi connectivity index (χ1v) is 5.84. The predicted octanol–water partition coefficient (Wildman–Crippen LogP) is 0.765. The monoisotopic (exact) mass is 249 g/mol. The van der Waals surface area contributed by atoms with E-state index in [4.69, 9.17) is 4.52 Å². The minimum absolute atomic E-state index is 0.114. The molecule has 6 nitrogen and oxygen atoms in total. The molecule has 0 fully saturated rings. The summed E-state index contributed by atoms with van der Waals surface area (Å²) in [6, 6.07) is 3.10. The Labute approximate surface area is 103 Å². The maximum absolute atomic E-state index is 12.1. The van der Waals surface area contributed by atoms with Crippen LogP contribution in [0.5, 0.6) is 0 Å². The van der Waals surface area contributed by atoms with Crippen LogP contribution in [0.3, 0.4) is 0 Å². The Morgan fingerprint density at radius 3 is 2.78 bits per heavy atom. The molecular formula is C12H15N3O3. The van der Waals surface area contributed by atoms with E-state index in [0.29, 0.717) is 12.3 Å². The summed E-state index contributed by atoms with van der Waals surface area (Å²) in [5.74, 6) is 0.501. The van der Waals surface area contributed by atoms with Gasteiger partial charge in [-0.25, -0.2) is 4.79 Å². The standard InChI is InChI=1S/C12H15N3O3/c1-3-5-14-6-4-11(16)15(12(14)17)8-10-7-9(2)13-18-10/h4,6-7H,3,5,8H2,1-2H3. The topological polar surface area (TPSA) is 70.0 Å². The van der Waals surface area contributed by atoms with Crippen molar-refractivity contribution in [2.75, 3.05) is 0 Å². The van der Waals surface area contributed by atoms with Crippen LogP contribution >= 0.6 is 0 Å². The Morgan fingerprint density at radius 2 is 2.17 bits per heavy atom.